The Hall–Kier alpha value is -0.500. The summed E-state index contributed by atoms with van der Waals surface area (Å²) in [6.07, 6.45) is 0.983. The highest BCUT2D eigenvalue weighted by molar-refractivity contribution is 4.92. The Bertz CT molecular complexity index is 101. The number of nitrogens with zero attached hydrogens (tertiary/aromatic N) is 1. The van der Waals surface area contributed by atoms with Crippen molar-refractivity contribution in [2.45, 2.75) is 6.42 Å². The average Bonchev–Trinajstić information content (AvgIpc) is 1.77. The fourth-order valence-corrected chi connectivity index (χ4v) is 0.674. The van der Waals surface area contributed by atoms with Crippen LogP contribution in [0.1, 0.15) is 6.42 Å². The first-order valence-corrected chi connectivity index (χ1v) is 2.77. The van der Waals surface area contributed by atoms with Crippen LogP contribution in [0.25, 0.3) is 0 Å². The lowest BCUT2D eigenvalue weighted by Crippen LogP contribution is -2.26. The Morgan fingerprint density at radius 3 is 2.88 bits per heavy atom. The van der Waals surface area contributed by atoms with Crippen molar-refractivity contribution in [2.24, 2.45) is 0 Å². The van der Waals surface area contributed by atoms with Gasteiger partial charge >= 0.3 is 0 Å². The van der Waals surface area contributed by atoms with Gasteiger partial charge in [0.2, 0.25) is 0 Å². The standard InChI is InChI=1S/C6H11NO/c1-6-3-4-8-5-7(6)2/h1,3-5H2,2H3. The molecule has 0 saturated carbocycles. The molecule has 0 atom stereocenters. The summed E-state index contributed by atoms with van der Waals surface area (Å²) in [6.45, 7) is 5.38. The average molecular weight is 113 g/mol. The second-order valence-electron chi connectivity index (χ2n) is 2.05. The van der Waals surface area contributed by atoms with Crippen LogP contribution in [-0.4, -0.2) is 25.3 Å². The lowest BCUT2D eigenvalue weighted by atomic mass is 10.3. The van der Waals surface area contributed by atoms with Crippen LogP contribution in [0.4, 0.5) is 0 Å². The molecule has 0 aromatic carbocycles. The fraction of sp³-hybridized carbons (Fsp3) is 0.667. The third-order valence-corrected chi connectivity index (χ3v) is 1.36. The van der Waals surface area contributed by atoms with Gasteiger partial charge in [0.15, 0.2) is 0 Å². The quantitative estimate of drug-likeness (QED) is 0.461. The summed E-state index contributed by atoms with van der Waals surface area (Å²) in [5.74, 6) is 0. The Morgan fingerprint density at radius 2 is 2.50 bits per heavy atom. The summed E-state index contributed by atoms with van der Waals surface area (Å²) in [6, 6.07) is 0. The van der Waals surface area contributed by atoms with Gasteiger partial charge in [-0.25, -0.2) is 0 Å². The van der Waals surface area contributed by atoms with Crippen LogP contribution in [0.3, 0.4) is 0 Å². The molecule has 0 aliphatic carbocycles. The molecule has 0 unspecified atom stereocenters. The molecule has 1 aliphatic rings. The molecule has 2 heteroatoms. The van der Waals surface area contributed by atoms with Crippen molar-refractivity contribution in [1.82, 2.24) is 4.90 Å². The van der Waals surface area contributed by atoms with Gasteiger partial charge in [0.1, 0.15) is 6.73 Å². The van der Waals surface area contributed by atoms with Gasteiger partial charge in [-0.2, -0.15) is 0 Å². The summed E-state index contributed by atoms with van der Waals surface area (Å²) in [5.41, 5.74) is 1.18. The topological polar surface area (TPSA) is 12.5 Å². The van der Waals surface area contributed by atoms with Gasteiger partial charge in [-0.15, -0.1) is 0 Å². The Morgan fingerprint density at radius 1 is 1.75 bits per heavy atom. The molecule has 0 N–H and O–H groups in total. The molecule has 1 saturated heterocycles. The minimum absolute atomic E-state index is 0.707. The van der Waals surface area contributed by atoms with Crippen molar-refractivity contribution in [3.05, 3.63) is 12.3 Å². The number of hydrogen-bond donors (Lipinski definition) is 0. The zero-order chi connectivity index (χ0) is 5.98. The maximum atomic E-state index is 5.12. The Kier molecular flexibility index (Phi) is 1.53. The van der Waals surface area contributed by atoms with E-state index in [1.165, 1.54) is 5.70 Å². The smallest absolute Gasteiger partial charge is 0.118 e. The predicted octanol–water partition coefficient (Wildman–Crippen LogP) is 0.810. The number of rotatable bonds is 0. The van der Waals surface area contributed by atoms with Crippen LogP contribution >= 0.6 is 0 Å². The largest absolute Gasteiger partial charge is 0.361 e. The van der Waals surface area contributed by atoms with Gasteiger partial charge in [-0.05, 0) is 0 Å². The zero-order valence-electron chi connectivity index (χ0n) is 5.18. The van der Waals surface area contributed by atoms with Crippen LogP contribution in [-0.2, 0) is 4.74 Å². The normalized spacial score (nSPS) is 21.6. The first-order valence-electron chi connectivity index (χ1n) is 2.77. The van der Waals surface area contributed by atoms with Gasteiger partial charge < -0.3 is 9.64 Å². The molecule has 8 heavy (non-hydrogen) atoms. The van der Waals surface area contributed by atoms with Gasteiger partial charge in [-0.3, -0.25) is 0 Å². The third-order valence-electron chi connectivity index (χ3n) is 1.36. The summed E-state index contributed by atoms with van der Waals surface area (Å²) in [7, 11) is 1.99. The number of hydrogen-bond acceptors (Lipinski definition) is 2. The summed E-state index contributed by atoms with van der Waals surface area (Å²) >= 11 is 0. The molecule has 1 fully saturated rings. The van der Waals surface area contributed by atoms with E-state index in [0.29, 0.717) is 6.73 Å². The zero-order valence-corrected chi connectivity index (χ0v) is 5.18. The minimum Gasteiger partial charge on any atom is -0.361 e. The van der Waals surface area contributed by atoms with Gasteiger partial charge in [-0.1, -0.05) is 6.58 Å². The van der Waals surface area contributed by atoms with Crippen LogP contribution in [0.5, 0.6) is 0 Å². The first-order chi connectivity index (χ1) is 3.80. The van der Waals surface area contributed by atoms with Crippen LogP contribution in [0, 0.1) is 0 Å². The van der Waals surface area contributed by atoms with Crippen molar-refractivity contribution in [1.29, 1.82) is 0 Å². The van der Waals surface area contributed by atoms with Gasteiger partial charge in [0, 0.05) is 19.2 Å². The molecule has 1 heterocycles. The molecule has 0 aromatic rings. The van der Waals surface area contributed by atoms with E-state index in [9.17, 15) is 0 Å². The second kappa shape index (κ2) is 2.18. The van der Waals surface area contributed by atoms with Crippen molar-refractivity contribution < 1.29 is 4.74 Å². The highest BCUT2D eigenvalue weighted by atomic mass is 16.5. The molecular formula is C6H11NO. The van der Waals surface area contributed by atoms with Crippen LogP contribution in [0.2, 0.25) is 0 Å². The maximum absolute atomic E-state index is 5.12. The van der Waals surface area contributed by atoms with Crippen molar-refractivity contribution in [3.8, 4) is 0 Å². The molecule has 2 nitrogen and oxygen atoms in total. The fourth-order valence-electron chi connectivity index (χ4n) is 0.674. The van der Waals surface area contributed by atoms with Crippen molar-refractivity contribution >= 4 is 0 Å². The van der Waals surface area contributed by atoms with E-state index >= 15 is 0 Å². The van der Waals surface area contributed by atoms with Crippen LogP contribution < -0.4 is 0 Å². The van der Waals surface area contributed by atoms with Gasteiger partial charge in [0.25, 0.3) is 0 Å². The second-order valence-corrected chi connectivity index (χ2v) is 2.05. The minimum atomic E-state index is 0.707. The molecule has 1 rings (SSSR count). The van der Waals surface area contributed by atoms with E-state index in [4.69, 9.17) is 4.74 Å². The summed E-state index contributed by atoms with van der Waals surface area (Å²) in [4.78, 5) is 2.02. The highest BCUT2D eigenvalue weighted by Gasteiger charge is 2.06. The molecule has 0 radical (unpaired) electrons. The maximum Gasteiger partial charge on any atom is 0.118 e. The molecular weight excluding hydrogens is 102 g/mol. The molecule has 0 aromatic heterocycles. The lowest BCUT2D eigenvalue weighted by Gasteiger charge is -2.26. The van der Waals surface area contributed by atoms with E-state index in [1.54, 1.807) is 0 Å². The Balaban J connectivity index is 2.39. The Labute approximate surface area is 49.7 Å². The van der Waals surface area contributed by atoms with Crippen LogP contribution in [0.15, 0.2) is 12.3 Å². The van der Waals surface area contributed by atoms with E-state index < -0.39 is 0 Å². The summed E-state index contributed by atoms with van der Waals surface area (Å²) in [5, 5.41) is 0. The summed E-state index contributed by atoms with van der Waals surface area (Å²) < 4.78 is 5.12. The SMILES string of the molecule is C=C1CCOCN1C. The van der Waals surface area contributed by atoms with E-state index in [-0.39, 0.29) is 0 Å². The molecule has 0 amide bonds. The molecule has 46 valence electrons. The molecule has 1 aliphatic heterocycles. The third kappa shape index (κ3) is 1.01. The van der Waals surface area contributed by atoms with Crippen molar-refractivity contribution in [2.75, 3.05) is 20.4 Å². The monoisotopic (exact) mass is 113 g/mol. The van der Waals surface area contributed by atoms with E-state index in [0.717, 1.165) is 13.0 Å². The highest BCUT2D eigenvalue weighted by Crippen LogP contribution is 2.08. The predicted molar refractivity (Wildman–Crippen MR) is 32.3 cm³/mol. The number of ether oxygens (including phenoxy) is 1. The van der Waals surface area contributed by atoms with E-state index in [2.05, 4.69) is 6.58 Å². The van der Waals surface area contributed by atoms with E-state index in [1.807, 2.05) is 11.9 Å². The molecule has 0 bridgehead atoms. The lowest BCUT2D eigenvalue weighted by molar-refractivity contribution is 0.0277. The van der Waals surface area contributed by atoms with Crippen molar-refractivity contribution in [3.63, 3.8) is 0 Å². The first kappa shape index (κ1) is 5.63. The molecule has 0 spiro atoms. The van der Waals surface area contributed by atoms with Gasteiger partial charge in [0.05, 0.1) is 6.61 Å².